The molecule has 0 bridgehead atoms. The van der Waals surface area contributed by atoms with Crippen LogP contribution >= 0.6 is 0 Å². The molecule has 5 rings (SSSR count). The summed E-state index contributed by atoms with van der Waals surface area (Å²) >= 11 is 0. The number of carbonyl (C=O) groups is 1. The Labute approximate surface area is 157 Å². The lowest BCUT2D eigenvalue weighted by Gasteiger charge is -2.17. The first-order valence-electron chi connectivity index (χ1n) is 9.31. The lowest BCUT2D eigenvalue weighted by Crippen LogP contribution is -2.25. The van der Waals surface area contributed by atoms with Crippen molar-refractivity contribution in [1.29, 1.82) is 0 Å². The Morgan fingerprint density at radius 1 is 1.15 bits per heavy atom. The molecule has 0 spiro atoms. The Kier molecular flexibility index (Phi) is 3.56. The van der Waals surface area contributed by atoms with Crippen LogP contribution in [0.4, 0.5) is 16.3 Å². The SMILES string of the molecule is C[C@H]1CCN(c2ccc(-c3cc4n(c3)C(=O)N(c3cnn(C)c3)C4)cn2)C1. The monoisotopic (exact) mass is 362 g/mol. The van der Waals surface area contributed by atoms with Crippen LogP contribution in [-0.2, 0) is 13.6 Å². The third-order valence-electron chi connectivity index (χ3n) is 5.49. The Bertz CT molecular complexity index is 1000. The number of hydrogen-bond acceptors (Lipinski definition) is 4. The normalized spacial score (nSPS) is 19.2. The molecule has 1 saturated heterocycles. The molecular formula is C20H22N6O. The zero-order chi connectivity index (χ0) is 18.5. The first-order valence-corrected chi connectivity index (χ1v) is 9.31. The maximum Gasteiger partial charge on any atom is 0.333 e. The van der Waals surface area contributed by atoms with E-state index in [1.807, 2.05) is 25.6 Å². The zero-order valence-electron chi connectivity index (χ0n) is 15.5. The second kappa shape index (κ2) is 5.97. The molecule has 3 aromatic heterocycles. The van der Waals surface area contributed by atoms with Gasteiger partial charge in [-0.2, -0.15) is 5.10 Å². The quantitative estimate of drug-likeness (QED) is 0.718. The Balaban J connectivity index is 1.37. The molecule has 3 aromatic rings. The van der Waals surface area contributed by atoms with Gasteiger partial charge in [-0.15, -0.1) is 0 Å². The summed E-state index contributed by atoms with van der Waals surface area (Å²) in [6.07, 6.45) is 8.61. The number of carbonyl (C=O) groups excluding carboxylic acids is 1. The van der Waals surface area contributed by atoms with Gasteiger partial charge in [0.05, 0.1) is 18.4 Å². The number of rotatable bonds is 3. The number of fused-ring (bicyclic) bond motifs is 1. The predicted molar refractivity (Wildman–Crippen MR) is 104 cm³/mol. The van der Waals surface area contributed by atoms with Gasteiger partial charge in [-0.3, -0.25) is 14.1 Å². The molecule has 2 aliphatic heterocycles. The molecule has 2 aliphatic rings. The molecule has 0 radical (unpaired) electrons. The summed E-state index contributed by atoms with van der Waals surface area (Å²) < 4.78 is 3.43. The maximum atomic E-state index is 12.7. The van der Waals surface area contributed by atoms with Crippen molar-refractivity contribution in [3.8, 4) is 11.1 Å². The molecule has 1 amide bonds. The molecule has 27 heavy (non-hydrogen) atoms. The molecule has 5 heterocycles. The number of anilines is 2. The molecule has 7 heteroatoms. The van der Waals surface area contributed by atoms with E-state index in [2.05, 4.69) is 40.1 Å². The standard InChI is InChI=1S/C20H22N6O/c1-14-5-6-24(10-14)19-4-3-15(8-21-19)16-7-17-13-26(20(27)25(17)11-16)18-9-22-23(2)12-18/h3-4,7-9,11-12,14H,5-6,10,13H2,1-2H3/t14-/m0/s1. The number of aryl methyl sites for hydroxylation is 1. The summed E-state index contributed by atoms with van der Waals surface area (Å²) in [4.78, 5) is 21.5. The van der Waals surface area contributed by atoms with E-state index in [1.165, 1.54) is 6.42 Å². The van der Waals surface area contributed by atoms with Gasteiger partial charge in [0.2, 0.25) is 0 Å². The van der Waals surface area contributed by atoms with Crippen molar-refractivity contribution in [2.45, 2.75) is 19.9 Å². The first-order chi connectivity index (χ1) is 13.1. The highest BCUT2D eigenvalue weighted by Gasteiger charge is 2.29. The van der Waals surface area contributed by atoms with Crippen LogP contribution in [0.1, 0.15) is 19.0 Å². The van der Waals surface area contributed by atoms with Crippen LogP contribution in [0.15, 0.2) is 43.0 Å². The summed E-state index contributed by atoms with van der Waals surface area (Å²) in [5.74, 6) is 1.77. The van der Waals surface area contributed by atoms with Crippen molar-refractivity contribution in [1.82, 2.24) is 19.3 Å². The molecule has 0 saturated carbocycles. The second-order valence-corrected chi connectivity index (χ2v) is 7.58. The lowest BCUT2D eigenvalue weighted by molar-refractivity contribution is 0.251. The molecule has 0 N–H and O–H groups in total. The van der Waals surface area contributed by atoms with Gasteiger partial charge in [-0.1, -0.05) is 6.92 Å². The van der Waals surface area contributed by atoms with Gasteiger partial charge in [-0.05, 0) is 30.5 Å². The fourth-order valence-electron chi connectivity index (χ4n) is 3.96. The number of hydrogen-bond donors (Lipinski definition) is 0. The summed E-state index contributed by atoms with van der Waals surface area (Å²) in [6.45, 7) is 4.99. The summed E-state index contributed by atoms with van der Waals surface area (Å²) in [6, 6.07) is 6.21. The number of pyridine rings is 1. The van der Waals surface area contributed by atoms with Crippen molar-refractivity contribution in [3.63, 3.8) is 0 Å². The van der Waals surface area contributed by atoms with E-state index in [0.29, 0.717) is 6.54 Å². The fraction of sp³-hybridized carbons (Fsp3) is 0.350. The van der Waals surface area contributed by atoms with Gasteiger partial charge >= 0.3 is 6.03 Å². The highest BCUT2D eigenvalue weighted by Crippen LogP contribution is 2.30. The molecule has 7 nitrogen and oxygen atoms in total. The van der Waals surface area contributed by atoms with Crippen molar-refractivity contribution in [3.05, 3.63) is 48.7 Å². The van der Waals surface area contributed by atoms with E-state index >= 15 is 0 Å². The van der Waals surface area contributed by atoms with Crippen LogP contribution in [0.5, 0.6) is 0 Å². The van der Waals surface area contributed by atoms with E-state index in [-0.39, 0.29) is 6.03 Å². The second-order valence-electron chi connectivity index (χ2n) is 7.58. The largest absolute Gasteiger partial charge is 0.356 e. The number of aromatic nitrogens is 4. The van der Waals surface area contributed by atoms with Gasteiger partial charge in [0.1, 0.15) is 5.82 Å². The smallest absolute Gasteiger partial charge is 0.333 e. The minimum atomic E-state index is -0.0418. The van der Waals surface area contributed by atoms with E-state index in [1.54, 1.807) is 20.3 Å². The van der Waals surface area contributed by atoms with Gasteiger partial charge in [0.15, 0.2) is 0 Å². The van der Waals surface area contributed by atoms with E-state index in [9.17, 15) is 4.79 Å². The molecular weight excluding hydrogens is 340 g/mol. The van der Waals surface area contributed by atoms with Crippen LogP contribution < -0.4 is 9.80 Å². The maximum absolute atomic E-state index is 12.7. The number of amides is 1. The van der Waals surface area contributed by atoms with Gasteiger partial charge in [0.25, 0.3) is 0 Å². The van der Waals surface area contributed by atoms with Gasteiger partial charge in [0, 0.05) is 55.5 Å². The van der Waals surface area contributed by atoms with Crippen LogP contribution in [0.3, 0.4) is 0 Å². The third kappa shape index (κ3) is 2.70. The minimum absolute atomic E-state index is 0.0418. The Morgan fingerprint density at radius 2 is 2.04 bits per heavy atom. The summed E-state index contributed by atoms with van der Waals surface area (Å²) in [7, 11) is 1.85. The van der Waals surface area contributed by atoms with Crippen LogP contribution in [-0.4, -0.2) is 38.5 Å². The van der Waals surface area contributed by atoms with Crippen LogP contribution in [0.2, 0.25) is 0 Å². The highest BCUT2D eigenvalue weighted by molar-refractivity contribution is 5.97. The molecule has 0 aliphatic carbocycles. The van der Waals surface area contributed by atoms with Crippen molar-refractivity contribution in [2.24, 2.45) is 13.0 Å². The molecule has 1 atom stereocenters. The lowest BCUT2D eigenvalue weighted by atomic mass is 10.1. The predicted octanol–water partition coefficient (Wildman–Crippen LogP) is 3.12. The molecule has 138 valence electrons. The van der Waals surface area contributed by atoms with E-state index < -0.39 is 0 Å². The van der Waals surface area contributed by atoms with Crippen molar-refractivity contribution >= 4 is 17.5 Å². The van der Waals surface area contributed by atoms with E-state index in [4.69, 9.17) is 0 Å². The van der Waals surface area contributed by atoms with Crippen LogP contribution in [0, 0.1) is 5.92 Å². The molecule has 0 unspecified atom stereocenters. The van der Waals surface area contributed by atoms with Crippen LogP contribution in [0.25, 0.3) is 11.1 Å². The van der Waals surface area contributed by atoms with Crippen molar-refractivity contribution in [2.75, 3.05) is 22.9 Å². The zero-order valence-corrected chi connectivity index (χ0v) is 15.5. The van der Waals surface area contributed by atoms with Crippen molar-refractivity contribution < 1.29 is 4.79 Å². The average Bonchev–Trinajstić information content (AvgIpc) is 3.42. The van der Waals surface area contributed by atoms with E-state index in [0.717, 1.165) is 47.3 Å². The third-order valence-corrected chi connectivity index (χ3v) is 5.49. The molecule has 1 fully saturated rings. The summed E-state index contributed by atoms with van der Waals surface area (Å²) in [5.41, 5.74) is 3.86. The first kappa shape index (κ1) is 16.1. The van der Waals surface area contributed by atoms with Gasteiger partial charge in [-0.25, -0.2) is 9.78 Å². The summed E-state index contributed by atoms with van der Waals surface area (Å²) in [5, 5.41) is 4.15. The topological polar surface area (TPSA) is 59.2 Å². The minimum Gasteiger partial charge on any atom is -0.356 e. The molecule has 0 aromatic carbocycles. The Hall–Kier alpha value is -3.09. The Morgan fingerprint density at radius 3 is 2.67 bits per heavy atom. The average molecular weight is 362 g/mol. The number of nitrogens with zero attached hydrogens (tertiary/aromatic N) is 6. The fourth-order valence-corrected chi connectivity index (χ4v) is 3.96. The van der Waals surface area contributed by atoms with Gasteiger partial charge < -0.3 is 4.90 Å². The highest BCUT2D eigenvalue weighted by atomic mass is 16.2.